The van der Waals surface area contributed by atoms with E-state index < -0.39 is 5.97 Å². The van der Waals surface area contributed by atoms with Crippen LogP contribution in [0.2, 0.25) is 0 Å². The molecule has 0 bridgehead atoms. The summed E-state index contributed by atoms with van der Waals surface area (Å²) in [6.45, 7) is 7.65. The number of rotatable bonds is 4. The van der Waals surface area contributed by atoms with E-state index in [1.807, 2.05) is 4.90 Å². The molecule has 0 amide bonds. The van der Waals surface area contributed by atoms with E-state index in [1.54, 1.807) is 0 Å². The molecular formula is C16H22ClNO2. The SMILES string of the molecule is Cc1cc(C)c(C(Cl)CN2CCCC2C(=O)O)c(C)c1. The van der Waals surface area contributed by atoms with Crippen LogP contribution >= 0.6 is 11.6 Å². The number of likely N-dealkylation sites (tertiary alicyclic amines) is 1. The first-order valence-electron chi connectivity index (χ1n) is 7.09. The minimum absolute atomic E-state index is 0.157. The zero-order valence-corrected chi connectivity index (χ0v) is 13.1. The van der Waals surface area contributed by atoms with Gasteiger partial charge in [-0.2, -0.15) is 0 Å². The van der Waals surface area contributed by atoms with Crippen LogP contribution in [0.4, 0.5) is 0 Å². The first kappa shape index (κ1) is 15.3. The first-order valence-corrected chi connectivity index (χ1v) is 7.52. The molecule has 0 spiro atoms. The lowest BCUT2D eigenvalue weighted by Gasteiger charge is -2.25. The average molecular weight is 296 g/mol. The fourth-order valence-electron chi connectivity index (χ4n) is 3.31. The van der Waals surface area contributed by atoms with Crippen molar-refractivity contribution in [1.82, 2.24) is 4.90 Å². The van der Waals surface area contributed by atoms with Gasteiger partial charge in [-0.05, 0) is 56.8 Å². The molecule has 0 aliphatic carbocycles. The van der Waals surface area contributed by atoms with E-state index in [9.17, 15) is 9.90 Å². The molecule has 0 saturated carbocycles. The maximum atomic E-state index is 11.2. The van der Waals surface area contributed by atoms with E-state index in [4.69, 9.17) is 11.6 Å². The van der Waals surface area contributed by atoms with Gasteiger partial charge in [0.2, 0.25) is 0 Å². The molecule has 3 nitrogen and oxygen atoms in total. The number of carboxylic acid groups (broad SMARTS) is 1. The van der Waals surface area contributed by atoms with Gasteiger partial charge in [-0.1, -0.05) is 17.7 Å². The van der Waals surface area contributed by atoms with E-state index in [0.29, 0.717) is 6.54 Å². The number of hydrogen-bond acceptors (Lipinski definition) is 2. The molecule has 2 rings (SSSR count). The fraction of sp³-hybridized carbons (Fsp3) is 0.562. The second-order valence-corrected chi connectivity index (χ2v) is 6.30. The first-order chi connectivity index (χ1) is 9.40. The molecule has 0 aromatic heterocycles. The molecule has 1 aliphatic heterocycles. The van der Waals surface area contributed by atoms with Crippen molar-refractivity contribution in [2.45, 2.75) is 45.0 Å². The number of benzene rings is 1. The van der Waals surface area contributed by atoms with Crippen molar-refractivity contribution in [3.8, 4) is 0 Å². The molecule has 1 N–H and O–H groups in total. The van der Waals surface area contributed by atoms with Crippen LogP contribution in [0.1, 0.15) is 40.5 Å². The lowest BCUT2D eigenvalue weighted by molar-refractivity contribution is -0.142. The number of halogens is 1. The minimum atomic E-state index is -0.733. The molecule has 1 saturated heterocycles. The normalized spacial score (nSPS) is 21.1. The van der Waals surface area contributed by atoms with Crippen molar-refractivity contribution in [2.75, 3.05) is 13.1 Å². The summed E-state index contributed by atoms with van der Waals surface area (Å²) in [5, 5.41) is 9.07. The van der Waals surface area contributed by atoms with E-state index in [2.05, 4.69) is 32.9 Å². The number of aryl methyl sites for hydroxylation is 3. The Hall–Kier alpha value is -1.06. The van der Waals surface area contributed by atoms with Gasteiger partial charge in [0.25, 0.3) is 0 Å². The molecule has 20 heavy (non-hydrogen) atoms. The highest BCUT2D eigenvalue weighted by Gasteiger charge is 2.32. The van der Waals surface area contributed by atoms with Gasteiger partial charge in [-0.3, -0.25) is 9.69 Å². The van der Waals surface area contributed by atoms with E-state index in [1.165, 1.54) is 16.7 Å². The van der Waals surface area contributed by atoms with Gasteiger partial charge in [0.15, 0.2) is 0 Å². The van der Waals surface area contributed by atoms with Crippen molar-refractivity contribution < 1.29 is 9.90 Å². The maximum absolute atomic E-state index is 11.2. The molecule has 2 unspecified atom stereocenters. The van der Waals surface area contributed by atoms with Crippen molar-refractivity contribution in [1.29, 1.82) is 0 Å². The van der Waals surface area contributed by atoms with Crippen LogP contribution in [0, 0.1) is 20.8 Å². The Bertz CT molecular complexity index is 492. The van der Waals surface area contributed by atoms with Gasteiger partial charge >= 0.3 is 5.97 Å². The highest BCUT2D eigenvalue weighted by atomic mass is 35.5. The van der Waals surface area contributed by atoms with Gasteiger partial charge in [-0.15, -0.1) is 11.6 Å². The third kappa shape index (κ3) is 3.15. The van der Waals surface area contributed by atoms with Crippen LogP contribution in [-0.2, 0) is 4.79 Å². The van der Waals surface area contributed by atoms with Crippen LogP contribution in [0.25, 0.3) is 0 Å². The number of carbonyl (C=O) groups is 1. The predicted molar refractivity (Wildman–Crippen MR) is 81.5 cm³/mol. The fourth-order valence-corrected chi connectivity index (χ4v) is 3.83. The van der Waals surface area contributed by atoms with Gasteiger partial charge < -0.3 is 5.11 Å². The lowest BCUT2D eigenvalue weighted by atomic mass is 9.97. The zero-order chi connectivity index (χ0) is 14.9. The summed E-state index contributed by atoms with van der Waals surface area (Å²) in [6, 6.07) is 3.90. The minimum Gasteiger partial charge on any atom is -0.480 e. The predicted octanol–water partition coefficient (Wildman–Crippen LogP) is 3.44. The van der Waals surface area contributed by atoms with Crippen LogP contribution in [0.15, 0.2) is 12.1 Å². The standard InChI is InChI=1S/C16H22ClNO2/c1-10-7-11(2)15(12(3)8-10)13(17)9-18-6-4-5-14(18)16(19)20/h7-8,13-14H,4-6,9H2,1-3H3,(H,19,20). The molecule has 1 fully saturated rings. The van der Waals surface area contributed by atoms with Gasteiger partial charge in [0, 0.05) is 6.54 Å². The Labute approximate surface area is 125 Å². The largest absolute Gasteiger partial charge is 0.480 e. The Morgan fingerprint density at radius 2 is 2.00 bits per heavy atom. The molecule has 110 valence electrons. The quantitative estimate of drug-likeness (QED) is 0.865. The van der Waals surface area contributed by atoms with E-state index in [0.717, 1.165) is 24.9 Å². The molecule has 0 radical (unpaired) electrons. The van der Waals surface area contributed by atoms with Gasteiger partial charge in [-0.25, -0.2) is 0 Å². The maximum Gasteiger partial charge on any atom is 0.320 e. The third-order valence-electron chi connectivity index (χ3n) is 4.09. The molecule has 2 atom stereocenters. The van der Waals surface area contributed by atoms with Crippen LogP contribution < -0.4 is 0 Å². The number of alkyl halides is 1. The average Bonchev–Trinajstić information content (AvgIpc) is 2.75. The van der Waals surface area contributed by atoms with Gasteiger partial charge in [0.1, 0.15) is 6.04 Å². The van der Waals surface area contributed by atoms with Crippen molar-refractivity contribution in [3.63, 3.8) is 0 Å². The van der Waals surface area contributed by atoms with Crippen LogP contribution in [0.5, 0.6) is 0 Å². The van der Waals surface area contributed by atoms with E-state index in [-0.39, 0.29) is 11.4 Å². The Morgan fingerprint density at radius 1 is 1.40 bits per heavy atom. The summed E-state index contributed by atoms with van der Waals surface area (Å²) in [7, 11) is 0. The molecule has 1 aliphatic rings. The Morgan fingerprint density at radius 3 is 2.55 bits per heavy atom. The molecule has 1 aromatic carbocycles. The molecule has 4 heteroatoms. The summed E-state index contributed by atoms with van der Waals surface area (Å²) < 4.78 is 0. The van der Waals surface area contributed by atoms with Crippen LogP contribution in [-0.4, -0.2) is 35.1 Å². The monoisotopic (exact) mass is 295 g/mol. The molecule has 1 heterocycles. The summed E-state index contributed by atoms with van der Waals surface area (Å²) >= 11 is 6.58. The third-order valence-corrected chi connectivity index (χ3v) is 4.45. The Balaban J connectivity index is 2.16. The van der Waals surface area contributed by atoms with Crippen LogP contribution in [0.3, 0.4) is 0 Å². The van der Waals surface area contributed by atoms with Crippen molar-refractivity contribution in [3.05, 3.63) is 34.4 Å². The van der Waals surface area contributed by atoms with E-state index >= 15 is 0 Å². The summed E-state index contributed by atoms with van der Waals surface area (Å²) in [4.78, 5) is 13.2. The number of nitrogens with zero attached hydrogens (tertiary/aromatic N) is 1. The number of hydrogen-bond donors (Lipinski definition) is 1. The van der Waals surface area contributed by atoms with Crippen molar-refractivity contribution in [2.24, 2.45) is 0 Å². The topological polar surface area (TPSA) is 40.5 Å². The number of aliphatic carboxylic acids is 1. The smallest absolute Gasteiger partial charge is 0.320 e. The highest BCUT2D eigenvalue weighted by molar-refractivity contribution is 6.21. The second kappa shape index (κ2) is 6.15. The summed E-state index contributed by atoms with van der Waals surface area (Å²) in [5.41, 5.74) is 4.76. The summed E-state index contributed by atoms with van der Waals surface area (Å²) in [5.74, 6) is -0.733. The number of carboxylic acids is 1. The Kier molecular flexibility index (Phi) is 4.71. The van der Waals surface area contributed by atoms with Crippen molar-refractivity contribution >= 4 is 17.6 Å². The summed E-state index contributed by atoms with van der Waals surface area (Å²) in [6.07, 6.45) is 1.66. The second-order valence-electron chi connectivity index (χ2n) is 5.77. The zero-order valence-electron chi connectivity index (χ0n) is 12.3. The molecular weight excluding hydrogens is 274 g/mol. The highest BCUT2D eigenvalue weighted by Crippen LogP contribution is 2.31. The van der Waals surface area contributed by atoms with Gasteiger partial charge in [0.05, 0.1) is 5.38 Å². The molecule has 1 aromatic rings. The lowest BCUT2D eigenvalue weighted by Crippen LogP contribution is -2.37.